The van der Waals surface area contributed by atoms with E-state index in [2.05, 4.69) is 20.9 Å². The van der Waals surface area contributed by atoms with Crippen LogP contribution in [0.2, 0.25) is 0 Å². The highest BCUT2D eigenvalue weighted by molar-refractivity contribution is 7.38. The van der Waals surface area contributed by atoms with E-state index in [4.69, 9.17) is 21.4 Å². The Morgan fingerprint density at radius 1 is 1.50 bits per heavy atom. The van der Waals surface area contributed by atoms with Crippen LogP contribution in [0.3, 0.4) is 0 Å². The summed E-state index contributed by atoms with van der Waals surface area (Å²) in [7, 11) is 1.80. The molecule has 0 saturated heterocycles. The fraction of sp³-hybridized carbons (Fsp3) is 0.533. The Morgan fingerprint density at radius 3 is 2.77 bits per heavy atom. The van der Waals surface area contributed by atoms with E-state index in [1.54, 1.807) is 16.4 Å². The van der Waals surface area contributed by atoms with Crippen molar-refractivity contribution in [3.63, 3.8) is 0 Å². The topological polar surface area (TPSA) is 129 Å². The van der Waals surface area contributed by atoms with Crippen LogP contribution in [0.1, 0.15) is 13.2 Å². The van der Waals surface area contributed by atoms with E-state index in [0.29, 0.717) is 17.0 Å². The van der Waals surface area contributed by atoms with Crippen molar-refractivity contribution in [2.45, 2.75) is 25.4 Å². The molecule has 2 aromatic rings. The van der Waals surface area contributed by atoms with Gasteiger partial charge in [0.15, 0.2) is 23.6 Å². The Kier molecular flexibility index (Phi) is 6.45. The lowest BCUT2D eigenvalue weighted by molar-refractivity contribution is -0.0957. The van der Waals surface area contributed by atoms with Crippen molar-refractivity contribution in [1.29, 1.82) is 0 Å². The molecule has 0 aromatic carbocycles. The number of anilines is 2. The Balaban J connectivity index is 2.32. The van der Waals surface area contributed by atoms with Gasteiger partial charge in [-0.2, -0.15) is 9.97 Å². The molecule has 2 rings (SSSR count). The molecule has 0 aliphatic rings. The van der Waals surface area contributed by atoms with E-state index < -0.39 is 26.5 Å². The molecule has 2 unspecified atom stereocenters. The summed E-state index contributed by atoms with van der Waals surface area (Å²) in [5.74, 6) is 2.86. The summed E-state index contributed by atoms with van der Waals surface area (Å²) in [4.78, 5) is 14.5. The minimum Gasteiger partial charge on any atom is -0.378 e. The predicted molar refractivity (Wildman–Crippen MR) is 98.0 cm³/mol. The largest absolute Gasteiger partial charge is 0.504 e. The Bertz CT molecular complexity index is 833. The van der Waals surface area contributed by atoms with Crippen LogP contribution in [-0.4, -0.2) is 64.2 Å². The average molecular weight is 381 g/mol. The number of nitrogen functional groups attached to an aromatic ring is 1. The summed E-state index contributed by atoms with van der Waals surface area (Å²) in [5, 5.41) is 9.94. The smallest absolute Gasteiger partial charge is 0.378 e. The first-order valence-electron chi connectivity index (χ1n) is 7.75. The van der Waals surface area contributed by atoms with Crippen molar-refractivity contribution in [1.82, 2.24) is 19.5 Å². The zero-order valence-electron chi connectivity index (χ0n) is 15.0. The molecule has 0 spiro atoms. The minimum atomic E-state index is -1.85. The van der Waals surface area contributed by atoms with Gasteiger partial charge in [0.05, 0.1) is 6.33 Å². The molecule has 3 N–H and O–H groups in total. The number of ether oxygens (including phenoxy) is 1. The molecule has 0 aliphatic carbocycles. The first kappa shape index (κ1) is 20.0. The monoisotopic (exact) mass is 381 g/mol. The van der Waals surface area contributed by atoms with Gasteiger partial charge in [0.2, 0.25) is 5.95 Å². The van der Waals surface area contributed by atoms with Crippen molar-refractivity contribution in [2.75, 3.05) is 38.0 Å². The van der Waals surface area contributed by atoms with Crippen LogP contribution in [0.15, 0.2) is 6.33 Å². The number of aromatic nitrogens is 4. The minimum absolute atomic E-state index is 0.0988. The Hall–Kier alpha value is -2.31. The molecular formula is C15H22N6O4P+. The van der Waals surface area contributed by atoms with Gasteiger partial charge in [-0.25, -0.2) is 4.98 Å². The summed E-state index contributed by atoms with van der Waals surface area (Å²) >= 11 is 0. The van der Waals surface area contributed by atoms with E-state index in [0.717, 1.165) is 0 Å². The summed E-state index contributed by atoms with van der Waals surface area (Å²) in [6.07, 6.45) is 4.11. The highest BCUT2D eigenvalue weighted by atomic mass is 31.1. The van der Waals surface area contributed by atoms with Crippen molar-refractivity contribution < 1.29 is 18.9 Å². The fourth-order valence-corrected chi connectivity index (χ4v) is 2.66. The number of imidazole rings is 1. The molecule has 26 heavy (non-hydrogen) atoms. The lowest BCUT2D eigenvalue weighted by Gasteiger charge is -2.23. The predicted octanol–water partition coefficient (Wildman–Crippen LogP) is 0.761. The number of nitrogens with zero attached hydrogens (tertiary/aromatic N) is 5. The maximum atomic E-state index is 11.2. The van der Waals surface area contributed by atoms with Crippen molar-refractivity contribution >= 4 is 31.0 Å². The lowest BCUT2D eigenvalue weighted by Crippen LogP contribution is -2.33. The van der Waals surface area contributed by atoms with Gasteiger partial charge >= 0.3 is 8.03 Å². The number of aliphatic hydroxyl groups excluding tert-OH is 1. The standard InChI is InChI=1S/C15H22N6O4P/c1-6-10(22)11(7-24-26(5)23)25-9(2)21-8-17-12-13(20(3)4)18-15(16)19-14(12)21/h1,8-11,22H,7H2,2-5H3,(H2,16,18,19)/q+1/t9-,10?,11-/m1/s1. The van der Waals surface area contributed by atoms with Crippen LogP contribution < -0.4 is 10.6 Å². The van der Waals surface area contributed by atoms with Crippen LogP contribution in [0.5, 0.6) is 0 Å². The van der Waals surface area contributed by atoms with Crippen LogP contribution >= 0.6 is 8.03 Å². The third-order valence-corrected chi connectivity index (χ3v) is 4.06. The zero-order valence-corrected chi connectivity index (χ0v) is 15.9. The van der Waals surface area contributed by atoms with E-state index in [9.17, 15) is 9.67 Å². The van der Waals surface area contributed by atoms with Crippen molar-refractivity contribution in [2.24, 2.45) is 0 Å². The summed E-state index contributed by atoms with van der Waals surface area (Å²) in [5.41, 5.74) is 6.83. The van der Waals surface area contributed by atoms with E-state index in [-0.39, 0.29) is 12.6 Å². The second-order valence-corrected chi connectivity index (χ2v) is 6.88. The quantitative estimate of drug-likeness (QED) is 0.503. The molecular weight excluding hydrogens is 359 g/mol. The molecule has 4 atom stereocenters. The van der Waals surface area contributed by atoms with Crippen molar-refractivity contribution in [3.05, 3.63) is 6.33 Å². The van der Waals surface area contributed by atoms with Gasteiger partial charge in [0, 0.05) is 14.1 Å². The first-order chi connectivity index (χ1) is 12.2. The maximum absolute atomic E-state index is 11.2. The van der Waals surface area contributed by atoms with E-state index in [1.807, 2.05) is 14.1 Å². The van der Waals surface area contributed by atoms with Gasteiger partial charge < -0.3 is 20.5 Å². The molecule has 2 heterocycles. The Labute approximate surface area is 152 Å². The van der Waals surface area contributed by atoms with Gasteiger partial charge in [0.25, 0.3) is 0 Å². The third kappa shape index (κ3) is 4.45. The van der Waals surface area contributed by atoms with Crippen LogP contribution in [0.25, 0.3) is 11.2 Å². The number of fused-ring (bicyclic) bond motifs is 1. The fourth-order valence-electron chi connectivity index (χ4n) is 2.31. The number of rotatable bonds is 8. The van der Waals surface area contributed by atoms with Crippen LogP contribution in [0, 0.1) is 12.3 Å². The number of terminal acetylenes is 1. The van der Waals surface area contributed by atoms with E-state index >= 15 is 0 Å². The number of hydrogen-bond donors (Lipinski definition) is 2. The second kappa shape index (κ2) is 8.38. The summed E-state index contributed by atoms with van der Waals surface area (Å²) < 4.78 is 23.7. The molecule has 0 radical (unpaired) electrons. The first-order valence-corrected chi connectivity index (χ1v) is 9.37. The van der Waals surface area contributed by atoms with Gasteiger partial charge in [-0.05, 0) is 11.5 Å². The number of aliphatic hydroxyl groups is 1. The molecule has 11 heteroatoms. The average Bonchev–Trinajstić information content (AvgIpc) is 3.00. The summed E-state index contributed by atoms with van der Waals surface area (Å²) in [6.45, 7) is 3.02. The molecule has 2 aromatic heterocycles. The second-order valence-electron chi connectivity index (χ2n) is 5.74. The summed E-state index contributed by atoms with van der Waals surface area (Å²) in [6, 6.07) is 0. The molecule has 0 aliphatic heterocycles. The highest BCUT2D eigenvalue weighted by Gasteiger charge is 2.26. The number of hydrogen-bond acceptors (Lipinski definition) is 9. The van der Waals surface area contributed by atoms with Gasteiger partial charge in [-0.15, -0.1) is 10.9 Å². The van der Waals surface area contributed by atoms with Gasteiger partial charge in [0.1, 0.15) is 25.0 Å². The van der Waals surface area contributed by atoms with Crippen molar-refractivity contribution in [3.8, 4) is 12.3 Å². The molecule has 10 nitrogen and oxygen atoms in total. The maximum Gasteiger partial charge on any atom is 0.504 e. The Morgan fingerprint density at radius 2 is 2.19 bits per heavy atom. The number of nitrogens with two attached hydrogens (primary N) is 1. The molecule has 0 amide bonds. The van der Waals surface area contributed by atoms with Crippen LogP contribution in [0.4, 0.5) is 11.8 Å². The molecule has 140 valence electrons. The zero-order chi connectivity index (χ0) is 19.4. The lowest BCUT2D eigenvalue weighted by atomic mass is 10.2. The molecule has 0 fully saturated rings. The normalized spacial score (nSPS) is 15.3. The van der Waals surface area contributed by atoms with Gasteiger partial charge in [-0.3, -0.25) is 4.57 Å². The highest BCUT2D eigenvalue weighted by Crippen LogP contribution is 2.26. The van der Waals surface area contributed by atoms with Crippen LogP contribution in [-0.2, 0) is 13.8 Å². The third-order valence-electron chi connectivity index (χ3n) is 3.55. The van der Waals surface area contributed by atoms with E-state index in [1.165, 1.54) is 13.0 Å². The van der Waals surface area contributed by atoms with Gasteiger partial charge in [-0.1, -0.05) is 5.92 Å². The molecule has 0 saturated carbocycles. The molecule has 0 bridgehead atoms. The SMILES string of the molecule is C#CC(O)[C@@H](CO[P+](C)=O)O[C@H](C)n1cnc2c(N(C)C)nc(N)nc21.